The zero-order valence-electron chi connectivity index (χ0n) is 9.66. The molecule has 0 spiro atoms. The lowest BCUT2D eigenvalue weighted by Crippen LogP contribution is -2.31. The first kappa shape index (κ1) is 13.3. The first-order valence-electron chi connectivity index (χ1n) is 5.26. The molecule has 18 heavy (non-hydrogen) atoms. The van der Waals surface area contributed by atoms with Crippen LogP contribution in [0.2, 0.25) is 0 Å². The Balaban J connectivity index is 2.20. The van der Waals surface area contributed by atoms with E-state index in [1.165, 1.54) is 11.2 Å². The molecule has 0 saturated carbocycles. The smallest absolute Gasteiger partial charge is 0.272 e. The molecule has 0 bridgehead atoms. The highest BCUT2D eigenvalue weighted by Gasteiger charge is 2.33. The monoisotopic (exact) mass is 291 g/mol. The molecule has 3 N–H and O–H groups in total. The Morgan fingerprint density at radius 1 is 1.56 bits per heavy atom. The van der Waals surface area contributed by atoms with Gasteiger partial charge in [0.15, 0.2) is 0 Å². The Hall–Kier alpha value is -1.10. The number of carbonyl (C=O) groups is 1. The van der Waals surface area contributed by atoms with Crippen molar-refractivity contribution in [3.63, 3.8) is 0 Å². The predicted molar refractivity (Wildman–Crippen MR) is 65.6 cm³/mol. The summed E-state index contributed by atoms with van der Waals surface area (Å²) in [5.74, 6) is -0.321. The van der Waals surface area contributed by atoms with E-state index in [4.69, 9.17) is 5.73 Å². The fourth-order valence-corrected chi connectivity index (χ4v) is 4.19. The average molecular weight is 291 g/mol. The van der Waals surface area contributed by atoms with Crippen molar-refractivity contribution in [1.29, 1.82) is 0 Å². The molecule has 1 aliphatic rings. The highest BCUT2D eigenvalue weighted by Crippen LogP contribution is 2.25. The summed E-state index contributed by atoms with van der Waals surface area (Å²) in [6.45, 7) is 1.99. The molecule has 1 aromatic rings. The van der Waals surface area contributed by atoms with E-state index in [0.717, 1.165) is 11.3 Å². The highest BCUT2D eigenvalue weighted by molar-refractivity contribution is 7.91. The number of hydrogen-bond acceptors (Lipinski definition) is 7. The molecule has 0 radical (unpaired) electrons. The van der Waals surface area contributed by atoms with Gasteiger partial charge in [0.05, 0.1) is 0 Å². The summed E-state index contributed by atoms with van der Waals surface area (Å²) < 4.78 is 25.5. The van der Waals surface area contributed by atoms with E-state index in [0.29, 0.717) is 13.0 Å². The molecule has 1 aromatic heterocycles. The molecule has 8 nitrogen and oxygen atoms in total. The van der Waals surface area contributed by atoms with Gasteiger partial charge in [-0.3, -0.25) is 4.79 Å². The molecule has 1 amide bonds. The van der Waals surface area contributed by atoms with Gasteiger partial charge in [0.25, 0.3) is 10.0 Å². The number of anilines is 1. The first-order valence-corrected chi connectivity index (χ1v) is 7.52. The van der Waals surface area contributed by atoms with Gasteiger partial charge in [0.2, 0.25) is 15.4 Å². The number of nitrogens with zero attached hydrogens (tertiary/aromatic N) is 3. The lowest BCUT2D eigenvalue weighted by molar-refractivity contribution is -0.114. The third-order valence-electron chi connectivity index (χ3n) is 2.44. The summed E-state index contributed by atoms with van der Waals surface area (Å²) in [7, 11) is -3.64. The first-order chi connectivity index (χ1) is 8.39. The largest absolute Gasteiger partial charge is 0.326 e. The molecule has 1 aliphatic heterocycles. The van der Waals surface area contributed by atoms with Crippen LogP contribution in [-0.4, -0.2) is 48.0 Å². The second-order valence-corrected chi connectivity index (χ2v) is 7.06. The zero-order valence-corrected chi connectivity index (χ0v) is 11.3. The van der Waals surface area contributed by atoms with Crippen molar-refractivity contribution in [2.45, 2.75) is 23.7 Å². The Bertz CT molecular complexity index is 555. The summed E-state index contributed by atoms with van der Waals surface area (Å²) in [6, 6.07) is -0.137. The molecule has 0 aromatic carbocycles. The van der Waals surface area contributed by atoms with Crippen LogP contribution in [0.15, 0.2) is 4.34 Å². The van der Waals surface area contributed by atoms with Gasteiger partial charge in [0.1, 0.15) is 0 Å². The Kier molecular flexibility index (Phi) is 3.61. The van der Waals surface area contributed by atoms with E-state index in [-0.39, 0.29) is 28.0 Å². The Morgan fingerprint density at radius 3 is 2.83 bits per heavy atom. The maximum Gasteiger partial charge on any atom is 0.272 e. The van der Waals surface area contributed by atoms with Crippen LogP contribution in [0.3, 0.4) is 0 Å². The summed E-state index contributed by atoms with van der Waals surface area (Å²) in [5, 5.41) is 9.77. The van der Waals surface area contributed by atoms with Crippen molar-refractivity contribution >= 4 is 32.4 Å². The molecule has 2 rings (SSSR count). The lowest BCUT2D eigenvalue weighted by atomic mass is 10.3. The lowest BCUT2D eigenvalue weighted by Gasteiger charge is -2.12. The maximum atomic E-state index is 12.1. The standard InChI is InChI=1S/C8H13N5O3S2/c1-5(14)10-7-11-12-8(17-7)18(15,16)13-3-2-6(9)4-13/h6H,2-4,9H2,1H3,(H,10,11,14). The molecule has 2 heterocycles. The number of aromatic nitrogens is 2. The van der Waals surface area contributed by atoms with E-state index < -0.39 is 10.0 Å². The fourth-order valence-electron chi connectivity index (χ4n) is 1.60. The van der Waals surface area contributed by atoms with Gasteiger partial charge < -0.3 is 11.1 Å². The fraction of sp³-hybridized carbons (Fsp3) is 0.625. The van der Waals surface area contributed by atoms with Crippen LogP contribution in [-0.2, 0) is 14.8 Å². The van der Waals surface area contributed by atoms with Gasteiger partial charge in [-0.25, -0.2) is 8.42 Å². The SMILES string of the molecule is CC(=O)Nc1nnc(S(=O)(=O)N2CCC(N)C2)s1. The Labute approximate surface area is 108 Å². The predicted octanol–water partition coefficient (Wildman–Crippen LogP) is -0.782. The summed E-state index contributed by atoms with van der Waals surface area (Å²) >= 11 is 0.832. The van der Waals surface area contributed by atoms with Crippen LogP contribution < -0.4 is 11.1 Å². The van der Waals surface area contributed by atoms with Gasteiger partial charge in [-0.2, -0.15) is 4.31 Å². The Morgan fingerprint density at radius 2 is 2.28 bits per heavy atom. The van der Waals surface area contributed by atoms with E-state index in [1.54, 1.807) is 0 Å². The summed E-state index contributed by atoms with van der Waals surface area (Å²) in [5.41, 5.74) is 5.68. The highest BCUT2D eigenvalue weighted by atomic mass is 32.2. The van der Waals surface area contributed by atoms with Crippen LogP contribution in [0.1, 0.15) is 13.3 Å². The minimum Gasteiger partial charge on any atom is -0.326 e. The molecular formula is C8H13N5O3S2. The van der Waals surface area contributed by atoms with Crippen molar-refractivity contribution in [3.05, 3.63) is 0 Å². The number of nitrogens with one attached hydrogen (secondary N) is 1. The van der Waals surface area contributed by atoms with Crippen molar-refractivity contribution in [1.82, 2.24) is 14.5 Å². The van der Waals surface area contributed by atoms with Crippen LogP contribution in [0.4, 0.5) is 5.13 Å². The normalized spacial score (nSPS) is 21.1. The molecule has 1 unspecified atom stereocenters. The molecule has 1 atom stereocenters. The number of rotatable bonds is 3. The van der Waals surface area contributed by atoms with Gasteiger partial charge in [-0.1, -0.05) is 11.3 Å². The van der Waals surface area contributed by atoms with Crippen molar-refractivity contribution in [2.75, 3.05) is 18.4 Å². The summed E-state index contributed by atoms with van der Waals surface area (Å²) in [4.78, 5) is 10.8. The third kappa shape index (κ3) is 2.66. The molecule has 1 saturated heterocycles. The zero-order chi connectivity index (χ0) is 13.3. The van der Waals surface area contributed by atoms with Crippen LogP contribution in [0.5, 0.6) is 0 Å². The molecular weight excluding hydrogens is 278 g/mol. The minimum atomic E-state index is -3.64. The second-order valence-electron chi connectivity index (χ2n) is 3.97. The van der Waals surface area contributed by atoms with Crippen LogP contribution >= 0.6 is 11.3 Å². The van der Waals surface area contributed by atoms with Gasteiger partial charge in [-0.05, 0) is 6.42 Å². The summed E-state index contributed by atoms with van der Waals surface area (Å²) in [6.07, 6.45) is 0.636. The van der Waals surface area contributed by atoms with Gasteiger partial charge >= 0.3 is 0 Å². The van der Waals surface area contributed by atoms with E-state index >= 15 is 0 Å². The number of hydrogen-bond donors (Lipinski definition) is 2. The average Bonchev–Trinajstić information content (AvgIpc) is 2.86. The van der Waals surface area contributed by atoms with E-state index in [1.807, 2.05) is 0 Å². The second kappa shape index (κ2) is 4.88. The van der Waals surface area contributed by atoms with Crippen LogP contribution in [0.25, 0.3) is 0 Å². The van der Waals surface area contributed by atoms with Crippen molar-refractivity contribution < 1.29 is 13.2 Å². The topological polar surface area (TPSA) is 118 Å². The number of amides is 1. The molecule has 0 aliphatic carbocycles. The van der Waals surface area contributed by atoms with Crippen LogP contribution in [0, 0.1) is 0 Å². The van der Waals surface area contributed by atoms with E-state index in [9.17, 15) is 13.2 Å². The minimum absolute atomic E-state index is 0.125. The van der Waals surface area contributed by atoms with Gasteiger partial charge in [-0.15, -0.1) is 10.2 Å². The van der Waals surface area contributed by atoms with Crippen molar-refractivity contribution in [2.24, 2.45) is 5.73 Å². The van der Waals surface area contributed by atoms with Crippen molar-refractivity contribution in [3.8, 4) is 0 Å². The molecule has 1 fully saturated rings. The molecule has 100 valence electrons. The quantitative estimate of drug-likeness (QED) is 0.705. The van der Waals surface area contributed by atoms with Gasteiger partial charge in [0, 0.05) is 26.1 Å². The third-order valence-corrected chi connectivity index (χ3v) is 5.49. The van der Waals surface area contributed by atoms with E-state index in [2.05, 4.69) is 15.5 Å². The number of carbonyl (C=O) groups excluding carboxylic acids is 1. The molecule has 10 heteroatoms. The maximum absolute atomic E-state index is 12.1. The number of sulfonamides is 1. The number of nitrogens with two attached hydrogens (primary N) is 1.